The molecule has 1 aliphatic rings. The molecule has 0 radical (unpaired) electrons. The van der Waals surface area contributed by atoms with E-state index in [1.165, 1.54) is 6.21 Å². The summed E-state index contributed by atoms with van der Waals surface area (Å²) in [6, 6.07) is 18.7. The largest absolute Gasteiger partial charge is 0.484 e. The highest BCUT2D eigenvalue weighted by Gasteiger charge is 2.15. The second-order valence-corrected chi connectivity index (χ2v) is 7.93. The summed E-state index contributed by atoms with van der Waals surface area (Å²) < 4.78 is 16.0. The molecule has 0 aliphatic carbocycles. The molecule has 4 rings (SSSR count). The minimum Gasteiger partial charge on any atom is -0.484 e. The number of hydrazone groups is 1. The van der Waals surface area contributed by atoms with Gasteiger partial charge >= 0.3 is 11.8 Å². The van der Waals surface area contributed by atoms with E-state index >= 15 is 0 Å². The first kappa shape index (κ1) is 24.6. The summed E-state index contributed by atoms with van der Waals surface area (Å²) >= 11 is 5.90. The molecule has 0 saturated carbocycles. The van der Waals surface area contributed by atoms with E-state index in [1.807, 2.05) is 0 Å². The van der Waals surface area contributed by atoms with E-state index < -0.39 is 11.8 Å². The van der Waals surface area contributed by atoms with E-state index in [0.29, 0.717) is 33.5 Å². The smallest absolute Gasteiger partial charge is 0.329 e. The van der Waals surface area contributed by atoms with Crippen LogP contribution < -0.4 is 30.3 Å². The van der Waals surface area contributed by atoms with Crippen molar-refractivity contribution in [2.45, 2.75) is 6.54 Å². The number of rotatable bonds is 8. The van der Waals surface area contributed by atoms with Crippen LogP contribution in [-0.4, -0.2) is 37.3 Å². The number of amides is 3. The molecule has 0 saturated heterocycles. The van der Waals surface area contributed by atoms with Crippen molar-refractivity contribution in [1.29, 1.82) is 0 Å². The average Bonchev–Trinajstić information content (AvgIpc) is 3.34. The van der Waals surface area contributed by atoms with Crippen LogP contribution in [0.1, 0.15) is 11.1 Å². The third-order valence-electron chi connectivity index (χ3n) is 4.81. The van der Waals surface area contributed by atoms with Gasteiger partial charge < -0.3 is 24.8 Å². The van der Waals surface area contributed by atoms with E-state index in [9.17, 15) is 14.4 Å². The monoisotopic (exact) mass is 508 g/mol. The molecule has 0 spiro atoms. The minimum absolute atomic E-state index is 0.136. The summed E-state index contributed by atoms with van der Waals surface area (Å²) in [7, 11) is 0. The molecule has 10 nitrogen and oxygen atoms in total. The van der Waals surface area contributed by atoms with Crippen molar-refractivity contribution in [3.05, 3.63) is 82.9 Å². The highest BCUT2D eigenvalue weighted by Crippen LogP contribution is 2.32. The topological polar surface area (TPSA) is 127 Å². The van der Waals surface area contributed by atoms with Gasteiger partial charge in [0.2, 0.25) is 6.79 Å². The van der Waals surface area contributed by atoms with Gasteiger partial charge in [-0.1, -0.05) is 35.9 Å². The molecule has 1 heterocycles. The lowest BCUT2D eigenvalue weighted by molar-refractivity contribution is -0.139. The van der Waals surface area contributed by atoms with Crippen LogP contribution >= 0.6 is 11.6 Å². The number of carbonyl (C=O) groups is 3. The number of nitrogens with one attached hydrogen (secondary N) is 3. The molecule has 11 heteroatoms. The van der Waals surface area contributed by atoms with E-state index in [2.05, 4.69) is 21.2 Å². The molecule has 0 fully saturated rings. The number of benzene rings is 3. The number of anilines is 1. The van der Waals surface area contributed by atoms with Gasteiger partial charge in [0.25, 0.3) is 5.91 Å². The molecule has 184 valence electrons. The second kappa shape index (κ2) is 11.7. The lowest BCUT2D eigenvalue weighted by Crippen LogP contribution is -2.37. The van der Waals surface area contributed by atoms with Crippen LogP contribution in [0.2, 0.25) is 5.02 Å². The van der Waals surface area contributed by atoms with Crippen LogP contribution in [0.4, 0.5) is 5.69 Å². The predicted molar refractivity (Wildman–Crippen MR) is 132 cm³/mol. The molecule has 36 heavy (non-hydrogen) atoms. The fourth-order valence-corrected chi connectivity index (χ4v) is 3.32. The summed E-state index contributed by atoms with van der Waals surface area (Å²) in [5.41, 5.74) is 4.07. The molecule has 0 unspecified atom stereocenters. The molecule has 1 aliphatic heterocycles. The lowest BCUT2D eigenvalue weighted by atomic mass is 10.2. The molecule has 0 bridgehead atoms. The first-order valence-electron chi connectivity index (χ1n) is 10.7. The van der Waals surface area contributed by atoms with Gasteiger partial charge in [-0.25, -0.2) is 5.43 Å². The number of hydrogen-bond donors (Lipinski definition) is 3. The lowest BCUT2D eigenvalue weighted by Gasteiger charge is -2.08. The highest BCUT2D eigenvalue weighted by molar-refractivity contribution is 6.35. The van der Waals surface area contributed by atoms with Crippen molar-refractivity contribution >= 4 is 41.2 Å². The van der Waals surface area contributed by atoms with E-state index in [4.69, 9.17) is 25.8 Å². The molecule has 0 aromatic heterocycles. The van der Waals surface area contributed by atoms with Crippen molar-refractivity contribution in [2.24, 2.45) is 5.10 Å². The summed E-state index contributed by atoms with van der Waals surface area (Å²) in [5, 5.41) is 9.50. The predicted octanol–water partition coefficient (Wildman–Crippen LogP) is 2.85. The Morgan fingerprint density at radius 1 is 0.972 bits per heavy atom. The fraction of sp³-hybridized carbons (Fsp3) is 0.120. The van der Waals surface area contributed by atoms with E-state index in [-0.39, 0.29) is 25.9 Å². The molecule has 3 N–H and O–H groups in total. The van der Waals surface area contributed by atoms with Crippen molar-refractivity contribution < 1.29 is 28.6 Å². The van der Waals surface area contributed by atoms with Gasteiger partial charge in [-0.3, -0.25) is 14.4 Å². The van der Waals surface area contributed by atoms with Gasteiger partial charge in [0.1, 0.15) is 5.75 Å². The van der Waals surface area contributed by atoms with Crippen molar-refractivity contribution in [3.63, 3.8) is 0 Å². The Balaban J connectivity index is 1.21. The van der Waals surface area contributed by atoms with Crippen LogP contribution in [0.15, 0.2) is 71.8 Å². The number of hydrogen-bond acceptors (Lipinski definition) is 7. The average molecular weight is 509 g/mol. The Morgan fingerprint density at radius 2 is 1.81 bits per heavy atom. The maximum absolute atomic E-state index is 12.1. The molecule has 3 aromatic carbocycles. The quantitative estimate of drug-likeness (QED) is 0.244. The SMILES string of the molecule is O=C(COc1cccc(/C=N\NC(=O)C(=O)NCc2ccc3c(c2)OCO3)c1)Nc1cccc(Cl)c1. The van der Waals surface area contributed by atoms with Crippen LogP contribution in [0, 0.1) is 0 Å². The van der Waals surface area contributed by atoms with Crippen molar-refractivity contribution in [1.82, 2.24) is 10.7 Å². The minimum atomic E-state index is -0.919. The molecular weight excluding hydrogens is 488 g/mol. The Kier molecular flexibility index (Phi) is 7.99. The molecule has 0 atom stereocenters. The molecular formula is C25H21ClN4O6. The Bertz CT molecular complexity index is 1310. The zero-order valence-corrected chi connectivity index (χ0v) is 19.6. The highest BCUT2D eigenvalue weighted by atomic mass is 35.5. The number of fused-ring (bicyclic) bond motifs is 1. The van der Waals surface area contributed by atoms with Crippen LogP contribution in [0.3, 0.4) is 0 Å². The summed E-state index contributed by atoms with van der Waals surface area (Å²) in [6.07, 6.45) is 1.35. The van der Waals surface area contributed by atoms with Gasteiger partial charge in [0.05, 0.1) is 6.21 Å². The summed E-state index contributed by atoms with van der Waals surface area (Å²) in [6.45, 7) is 0.0736. The van der Waals surface area contributed by atoms with E-state index in [1.54, 1.807) is 66.7 Å². The third kappa shape index (κ3) is 6.97. The first-order valence-corrected chi connectivity index (χ1v) is 11.1. The Labute approximate surface area is 211 Å². The van der Waals surface area contributed by atoms with Gasteiger partial charge in [-0.15, -0.1) is 0 Å². The van der Waals surface area contributed by atoms with Crippen molar-refractivity contribution in [2.75, 3.05) is 18.7 Å². The zero-order chi connectivity index (χ0) is 25.3. The van der Waals surface area contributed by atoms with Gasteiger partial charge in [0, 0.05) is 17.3 Å². The zero-order valence-electron chi connectivity index (χ0n) is 18.8. The Hall–Kier alpha value is -4.57. The number of halogens is 1. The maximum atomic E-state index is 12.1. The van der Waals surface area contributed by atoms with Crippen molar-refractivity contribution in [3.8, 4) is 17.2 Å². The summed E-state index contributed by atoms with van der Waals surface area (Å²) in [5.74, 6) is -0.468. The number of carbonyl (C=O) groups excluding carboxylic acids is 3. The molecule has 3 amide bonds. The van der Waals surface area contributed by atoms with Crippen LogP contribution in [-0.2, 0) is 20.9 Å². The number of ether oxygens (including phenoxy) is 3. The normalized spacial score (nSPS) is 11.7. The van der Waals surface area contributed by atoms with Crippen LogP contribution in [0.25, 0.3) is 0 Å². The standard InChI is InChI=1S/C25H21ClN4O6/c26-18-4-2-5-19(11-18)29-23(31)14-34-20-6-1-3-16(9-20)13-28-30-25(33)24(32)27-12-17-7-8-21-22(10-17)36-15-35-21/h1-11,13H,12,14-15H2,(H,27,32)(H,29,31)(H,30,33)/b28-13-. The molecule has 3 aromatic rings. The first-order chi connectivity index (χ1) is 17.5. The van der Waals surface area contributed by atoms with Gasteiger partial charge in [0.15, 0.2) is 18.1 Å². The van der Waals surface area contributed by atoms with Crippen LogP contribution in [0.5, 0.6) is 17.2 Å². The Morgan fingerprint density at radius 3 is 2.67 bits per heavy atom. The fourth-order valence-electron chi connectivity index (χ4n) is 3.13. The van der Waals surface area contributed by atoms with Gasteiger partial charge in [-0.05, 0) is 53.6 Å². The summed E-state index contributed by atoms with van der Waals surface area (Å²) in [4.78, 5) is 36.1. The van der Waals surface area contributed by atoms with Gasteiger partial charge in [-0.2, -0.15) is 5.10 Å². The second-order valence-electron chi connectivity index (χ2n) is 7.49. The van der Waals surface area contributed by atoms with E-state index in [0.717, 1.165) is 5.56 Å². The number of nitrogens with zero attached hydrogens (tertiary/aromatic N) is 1. The third-order valence-corrected chi connectivity index (χ3v) is 5.05. The maximum Gasteiger partial charge on any atom is 0.329 e.